The van der Waals surface area contributed by atoms with Crippen molar-refractivity contribution in [3.8, 4) is 0 Å². The smallest absolute Gasteiger partial charge is 0.0863 e. The molecule has 2 atom stereocenters. The maximum atomic E-state index is 9.53. The zero-order valence-electron chi connectivity index (χ0n) is 12.1. The average molecular weight is 286 g/mol. The first-order valence-electron chi connectivity index (χ1n) is 7.21. The second-order valence-electron chi connectivity index (χ2n) is 5.36. The molecule has 0 aliphatic carbocycles. The van der Waals surface area contributed by atoms with Crippen molar-refractivity contribution in [2.45, 2.75) is 52.7 Å². The van der Waals surface area contributed by atoms with E-state index in [0.29, 0.717) is 5.92 Å². The Kier molecular flexibility index (Phi) is 4.87. The van der Waals surface area contributed by atoms with Gasteiger partial charge in [-0.2, -0.15) is 5.10 Å². The molecule has 4 nitrogen and oxygen atoms in total. The van der Waals surface area contributed by atoms with Crippen LogP contribution in [0, 0.1) is 5.92 Å². The van der Waals surface area contributed by atoms with Gasteiger partial charge in [-0.05, 0) is 32.2 Å². The maximum Gasteiger partial charge on any atom is 0.0863 e. The molecule has 0 amide bonds. The Hall–Kier alpha value is -0.580. The van der Waals surface area contributed by atoms with E-state index in [1.54, 1.807) is 0 Å². The summed E-state index contributed by atoms with van der Waals surface area (Å²) in [6.07, 6.45) is 2.00. The van der Waals surface area contributed by atoms with E-state index in [9.17, 15) is 5.11 Å². The van der Waals surface area contributed by atoms with Gasteiger partial charge in [-0.3, -0.25) is 9.58 Å². The molecule has 0 saturated carbocycles. The number of likely N-dealkylation sites (tertiary alicyclic amines) is 1. The molecule has 1 aromatic rings. The van der Waals surface area contributed by atoms with E-state index in [4.69, 9.17) is 11.6 Å². The summed E-state index contributed by atoms with van der Waals surface area (Å²) in [6, 6.07) is 0.251. The molecule has 1 saturated heterocycles. The van der Waals surface area contributed by atoms with Crippen LogP contribution in [0.5, 0.6) is 0 Å². The number of nitrogens with zero attached hydrogens (tertiary/aromatic N) is 3. The summed E-state index contributed by atoms with van der Waals surface area (Å²) in [5.74, 6) is 0.549. The van der Waals surface area contributed by atoms with E-state index in [2.05, 4.69) is 30.8 Å². The van der Waals surface area contributed by atoms with E-state index in [0.717, 1.165) is 48.9 Å². The highest BCUT2D eigenvalue weighted by molar-refractivity contribution is 6.31. The molecule has 0 aromatic carbocycles. The molecule has 2 unspecified atom stereocenters. The summed E-state index contributed by atoms with van der Waals surface area (Å²) in [5, 5.41) is 14.9. The van der Waals surface area contributed by atoms with Gasteiger partial charge in [-0.1, -0.05) is 25.4 Å². The van der Waals surface area contributed by atoms with Crippen molar-refractivity contribution in [2.75, 3.05) is 13.2 Å². The number of aliphatic hydroxyl groups is 1. The largest absolute Gasteiger partial charge is 0.395 e. The highest BCUT2D eigenvalue weighted by Gasteiger charge is 2.31. The SMILES string of the molecule is CCc1nn(CC)c(CN2CCC(C)C2CO)c1Cl. The van der Waals surface area contributed by atoms with Crippen LogP contribution in [0.2, 0.25) is 5.02 Å². The molecule has 1 aliphatic heterocycles. The van der Waals surface area contributed by atoms with Gasteiger partial charge in [0.05, 0.1) is 23.0 Å². The standard InChI is InChI=1S/C14H24ClN3O/c1-4-11-14(15)12(18(5-2)16-11)8-17-7-6-10(3)13(17)9-19/h10,13,19H,4-9H2,1-3H3. The van der Waals surface area contributed by atoms with Crippen LogP contribution in [-0.2, 0) is 19.5 Å². The Bertz CT molecular complexity index is 433. The van der Waals surface area contributed by atoms with E-state index in [-0.39, 0.29) is 12.6 Å². The molecule has 19 heavy (non-hydrogen) atoms. The normalized spacial score (nSPS) is 24.3. The molecule has 5 heteroatoms. The van der Waals surface area contributed by atoms with Gasteiger partial charge in [0.15, 0.2) is 0 Å². The monoisotopic (exact) mass is 285 g/mol. The minimum Gasteiger partial charge on any atom is -0.395 e. The zero-order valence-corrected chi connectivity index (χ0v) is 12.8. The molecular formula is C14H24ClN3O. The van der Waals surface area contributed by atoms with E-state index < -0.39 is 0 Å². The molecule has 1 aromatic heterocycles. The molecule has 108 valence electrons. The van der Waals surface area contributed by atoms with Crippen molar-refractivity contribution < 1.29 is 5.11 Å². The number of halogens is 1. The molecule has 2 heterocycles. The molecule has 1 N–H and O–H groups in total. The van der Waals surface area contributed by atoms with Crippen LogP contribution in [-0.4, -0.2) is 39.0 Å². The van der Waals surface area contributed by atoms with E-state index in [1.807, 2.05) is 4.68 Å². The van der Waals surface area contributed by atoms with Crippen molar-refractivity contribution in [2.24, 2.45) is 5.92 Å². The van der Waals surface area contributed by atoms with Gasteiger partial charge >= 0.3 is 0 Å². The lowest BCUT2D eigenvalue weighted by atomic mass is 10.0. The van der Waals surface area contributed by atoms with Crippen LogP contribution in [0.1, 0.15) is 38.6 Å². The Morgan fingerprint density at radius 3 is 2.74 bits per heavy atom. The summed E-state index contributed by atoms with van der Waals surface area (Å²) in [5.41, 5.74) is 2.07. The quantitative estimate of drug-likeness (QED) is 0.903. The molecule has 0 spiro atoms. The second-order valence-corrected chi connectivity index (χ2v) is 5.74. The van der Waals surface area contributed by atoms with Gasteiger partial charge in [-0.25, -0.2) is 0 Å². The summed E-state index contributed by atoms with van der Waals surface area (Å²) in [6.45, 7) is 9.24. The van der Waals surface area contributed by atoms with Crippen molar-refractivity contribution in [3.63, 3.8) is 0 Å². The van der Waals surface area contributed by atoms with Gasteiger partial charge in [-0.15, -0.1) is 0 Å². The minimum absolute atomic E-state index is 0.222. The van der Waals surface area contributed by atoms with Gasteiger partial charge < -0.3 is 5.11 Å². The van der Waals surface area contributed by atoms with Crippen molar-refractivity contribution in [1.82, 2.24) is 14.7 Å². The summed E-state index contributed by atoms with van der Waals surface area (Å²) in [7, 11) is 0. The topological polar surface area (TPSA) is 41.3 Å². The van der Waals surface area contributed by atoms with Gasteiger partial charge in [0.1, 0.15) is 0 Å². The Morgan fingerprint density at radius 2 is 2.16 bits per heavy atom. The van der Waals surface area contributed by atoms with Crippen LogP contribution >= 0.6 is 11.6 Å². The predicted molar refractivity (Wildman–Crippen MR) is 77.4 cm³/mol. The van der Waals surface area contributed by atoms with Crippen molar-refractivity contribution in [3.05, 3.63) is 16.4 Å². The summed E-state index contributed by atoms with van der Waals surface area (Å²) in [4.78, 5) is 2.33. The maximum absolute atomic E-state index is 9.53. The number of hydrogen-bond acceptors (Lipinski definition) is 3. The first kappa shape index (κ1) is 14.8. The fraction of sp³-hybridized carbons (Fsp3) is 0.786. The summed E-state index contributed by atoms with van der Waals surface area (Å²) < 4.78 is 2.00. The van der Waals surface area contributed by atoms with Crippen LogP contribution in [0.25, 0.3) is 0 Å². The third kappa shape index (κ3) is 2.81. The number of aliphatic hydroxyl groups excluding tert-OH is 1. The fourth-order valence-corrected chi connectivity index (χ4v) is 3.27. The highest BCUT2D eigenvalue weighted by Crippen LogP contribution is 2.29. The Morgan fingerprint density at radius 1 is 1.42 bits per heavy atom. The highest BCUT2D eigenvalue weighted by atomic mass is 35.5. The lowest BCUT2D eigenvalue weighted by Gasteiger charge is -2.25. The predicted octanol–water partition coefficient (Wildman–Crippen LogP) is 2.32. The van der Waals surface area contributed by atoms with Crippen LogP contribution < -0.4 is 0 Å². The molecular weight excluding hydrogens is 262 g/mol. The van der Waals surface area contributed by atoms with Crippen molar-refractivity contribution >= 4 is 11.6 Å². The number of aromatic nitrogens is 2. The zero-order chi connectivity index (χ0) is 14.0. The molecule has 2 rings (SSSR count). The van der Waals surface area contributed by atoms with Crippen LogP contribution in [0.15, 0.2) is 0 Å². The van der Waals surface area contributed by atoms with E-state index >= 15 is 0 Å². The number of aryl methyl sites for hydroxylation is 2. The van der Waals surface area contributed by atoms with Gasteiger partial charge in [0, 0.05) is 19.1 Å². The Balaban J connectivity index is 2.21. The van der Waals surface area contributed by atoms with Gasteiger partial charge in [0.25, 0.3) is 0 Å². The third-order valence-corrected chi connectivity index (χ3v) is 4.67. The number of rotatable bonds is 5. The third-order valence-electron chi connectivity index (χ3n) is 4.23. The first-order chi connectivity index (χ1) is 9.12. The second kappa shape index (κ2) is 6.25. The molecule has 0 radical (unpaired) electrons. The molecule has 1 aliphatic rings. The first-order valence-corrected chi connectivity index (χ1v) is 7.59. The Labute approximate surface area is 120 Å². The number of hydrogen-bond donors (Lipinski definition) is 1. The fourth-order valence-electron chi connectivity index (χ4n) is 2.94. The minimum atomic E-state index is 0.222. The average Bonchev–Trinajstić information content (AvgIpc) is 2.92. The van der Waals surface area contributed by atoms with Crippen LogP contribution in [0.4, 0.5) is 0 Å². The molecule has 1 fully saturated rings. The molecule has 0 bridgehead atoms. The lowest BCUT2D eigenvalue weighted by Crippen LogP contribution is -2.35. The lowest BCUT2D eigenvalue weighted by molar-refractivity contribution is 0.132. The van der Waals surface area contributed by atoms with Crippen molar-refractivity contribution in [1.29, 1.82) is 0 Å². The summed E-state index contributed by atoms with van der Waals surface area (Å²) >= 11 is 6.44. The van der Waals surface area contributed by atoms with E-state index in [1.165, 1.54) is 0 Å². The van der Waals surface area contributed by atoms with Gasteiger partial charge in [0.2, 0.25) is 0 Å². The van der Waals surface area contributed by atoms with Crippen LogP contribution in [0.3, 0.4) is 0 Å².